The van der Waals surface area contributed by atoms with Crippen molar-refractivity contribution in [3.63, 3.8) is 0 Å². The molecule has 0 saturated carbocycles. The molecule has 2 aliphatic rings. The number of amidine groups is 1. The van der Waals surface area contributed by atoms with E-state index in [0.717, 1.165) is 0 Å². The van der Waals surface area contributed by atoms with E-state index in [2.05, 4.69) is 4.99 Å². The van der Waals surface area contributed by atoms with Gasteiger partial charge in [-0.3, -0.25) is 9.69 Å². The number of amides is 1. The SMILES string of the molecule is CCOC(=O)C1=C(C)N=C2S[C@@H](CC)C(=O)N2[C@@H]1c1cccc(F)c1. The van der Waals surface area contributed by atoms with E-state index in [4.69, 9.17) is 4.74 Å². The summed E-state index contributed by atoms with van der Waals surface area (Å²) in [5.41, 5.74) is 1.30. The van der Waals surface area contributed by atoms with Crippen LogP contribution in [-0.2, 0) is 14.3 Å². The zero-order valence-electron chi connectivity index (χ0n) is 14.3. The highest BCUT2D eigenvalue weighted by Gasteiger charge is 2.47. The highest BCUT2D eigenvalue weighted by molar-refractivity contribution is 8.15. The first-order valence-electron chi connectivity index (χ1n) is 8.19. The Balaban J connectivity index is 2.15. The molecule has 1 amide bonds. The molecule has 132 valence electrons. The Morgan fingerprint density at radius 1 is 1.40 bits per heavy atom. The maximum absolute atomic E-state index is 13.8. The smallest absolute Gasteiger partial charge is 0.338 e. The minimum absolute atomic E-state index is 0.116. The largest absolute Gasteiger partial charge is 0.463 e. The average molecular weight is 362 g/mol. The van der Waals surface area contributed by atoms with Crippen molar-refractivity contribution in [3.8, 4) is 0 Å². The van der Waals surface area contributed by atoms with Gasteiger partial charge in [-0.2, -0.15) is 0 Å². The van der Waals surface area contributed by atoms with Crippen LogP contribution in [-0.4, -0.2) is 33.8 Å². The number of allylic oxidation sites excluding steroid dienone is 1. The summed E-state index contributed by atoms with van der Waals surface area (Å²) in [4.78, 5) is 31.3. The molecule has 25 heavy (non-hydrogen) atoms. The number of carbonyl (C=O) groups is 2. The summed E-state index contributed by atoms with van der Waals surface area (Å²) in [6.07, 6.45) is 0.655. The van der Waals surface area contributed by atoms with E-state index in [1.807, 2.05) is 6.92 Å². The highest BCUT2D eigenvalue weighted by Crippen LogP contribution is 2.44. The molecule has 0 aliphatic carbocycles. The Bertz CT molecular complexity index is 790. The first-order valence-corrected chi connectivity index (χ1v) is 9.07. The van der Waals surface area contributed by atoms with Crippen molar-refractivity contribution in [1.29, 1.82) is 0 Å². The predicted octanol–water partition coefficient (Wildman–Crippen LogP) is 3.43. The van der Waals surface area contributed by atoms with Crippen LogP contribution >= 0.6 is 11.8 Å². The minimum atomic E-state index is -0.723. The molecule has 0 bridgehead atoms. The maximum Gasteiger partial charge on any atom is 0.338 e. The van der Waals surface area contributed by atoms with Crippen molar-refractivity contribution in [3.05, 3.63) is 46.9 Å². The molecule has 2 heterocycles. The molecule has 7 heteroatoms. The van der Waals surface area contributed by atoms with E-state index in [0.29, 0.717) is 22.8 Å². The number of carbonyl (C=O) groups excluding carboxylic acids is 2. The number of aliphatic imine (C=N–C) groups is 1. The summed E-state index contributed by atoms with van der Waals surface area (Å²) < 4.78 is 19.0. The van der Waals surface area contributed by atoms with Crippen LogP contribution in [0.15, 0.2) is 40.5 Å². The molecule has 5 nitrogen and oxygen atoms in total. The Morgan fingerprint density at radius 3 is 2.80 bits per heavy atom. The molecular weight excluding hydrogens is 343 g/mol. The number of rotatable bonds is 4. The lowest BCUT2D eigenvalue weighted by Gasteiger charge is -2.33. The summed E-state index contributed by atoms with van der Waals surface area (Å²) in [6, 6.07) is 5.23. The number of nitrogens with zero attached hydrogens (tertiary/aromatic N) is 2. The standard InChI is InChI=1S/C18H19FN2O3S/c1-4-13-16(22)21-15(11-7-6-8-12(19)9-11)14(17(23)24-5-2)10(3)20-18(21)25-13/h6-9,13,15H,4-5H2,1-3H3/t13-,15+/m0/s1. The van der Waals surface area contributed by atoms with E-state index >= 15 is 0 Å². The van der Waals surface area contributed by atoms with Gasteiger partial charge in [-0.1, -0.05) is 30.8 Å². The number of hydrogen-bond donors (Lipinski definition) is 0. The maximum atomic E-state index is 13.8. The third kappa shape index (κ3) is 3.08. The van der Waals surface area contributed by atoms with Gasteiger partial charge >= 0.3 is 5.97 Å². The third-order valence-corrected chi connectivity index (χ3v) is 5.50. The van der Waals surface area contributed by atoms with Gasteiger partial charge in [0.25, 0.3) is 0 Å². The fourth-order valence-electron chi connectivity index (χ4n) is 3.05. The van der Waals surface area contributed by atoms with Crippen LogP contribution in [0.3, 0.4) is 0 Å². The molecular formula is C18H19FN2O3S. The van der Waals surface area contributed by atoms with Crippen molar-refractivity contribution in [2.45, 2.75) is 38.5 Å². The normalized spacial score (nSPS) is 22.8. The van der Waals surface area contributed by atoms with Gasteiger partial charge in [-0.25, -0.2) is 14.2 Å². The van der Waals surface area contributed by atoms with Crippen LogP contribution in [0.4, 0.5) is 4.39 Å². The molecule has 1 saturated heterocycles. The number of hydrogen-bond acceptors (Lipinski definition) is 5. The summed E-state index contributed by atoms with van der Waals surface area (Å²) >= 11 is 1.38. The fourth-order valence-corrected chi connectivity index (χ4v) is 4.19. The highest BCUT2D eigenvalue weighted by atomic mass is 32.2. The molecule has 0 unspecified atom stereocenters. The molecule has 3 rings (SSSR count). The Morgan fingerprint density at radius 2 is 2.16 bits per heavy atom. The second-order valence-corrected chi connectivity index (χ2v) is 6.96. The zero-order chi connectivity index (χ0) is 18.1. The second-order valence-electron chi connectivity index (χ2n) is 5.79. The molecule has 1 aromatic rings. The molecule has 2 atom stereocenters. The van der Waals surface area contributed by atoms with Crippen molar-refractivity contribution in [1.82, 2.24) is 4.90 Å². The van der Waals surface area contributed by atoms with Crippen molar-refractivity contribution in [2.24, 2.45) is 4.99 Å². The van der Waals surface area contributed by atoms with Gasteiger partial charge in [-0.05, 0) is 38.0 Å². The van der Waals surface area contributed by atoms with Crippen LogP contribution < -0.4 is 0 Å². The number of benzene rings is 1. The van der Waals surface area contributed by atoms with Crippen LogP contribution in [0, 0.1) is 5.82 Å². The van der Waals surface area contributed by atoms with Gasteiger partial charge in [0, 0.05) is 0 Å². The molecule has 0 spiro atoms. The second kappa shape index (κ2) is 7.00. The monoisotopic (exact) mass is 362 g/mol. The van der Waals surface area contributed by atoms with Gasteiger partial charge in [0.2, 0.25) is 5.91 Å². The topological polar surface area (TPSA) is 59.0 Å². The first-order chi connectivity index (χ1) is 12.0. The Kier molecular flexibility index (Phi) is 4.94. The van der Waals surface area contributed by atoms with E-state index in [1.165, 1.54) is 28.8 Å². The Labute approximate surface area is 149 Å². The summed E-state index contributed by atoms with van der Waals surface area (Å²) in [5, 5.41) is 0.306. The number of fused-ring (bicyclic) bond motifs is 1. The van der Waals surface area contributed by atoms with Gasteiger partial charge < -0.3 is 4.74 Å². The molecule has 0 radical (unpaired) electrons. The minimum Gasteiger partial charge on any atom is -0.463 e. The van der Waals surface area contributed by atoms with Gasteiger partial charge in [-0.15, -0.1) is 0 Å². The summed E-state index contributed by atoms with van der Waals surface area (Å²) in [5.74, 6) is -1.07. The first kappa shape index (κ1) is 17.7. The van der Waals surface area contributed by atoms with Crippen LogP contribution in [0.5, 0.6) is 0 Å². The quantitative estimate of drug-likeness (QED) is 0.770. The van der Waals surface area contributed by atoms with E-state index in [-0.39, 0.29) is 23.3 Å². The molecule has 0 N–H and O–H groups in total. The van der Waals surface area contributed by atoms with E-state index in [9.17, 15) is 14.0 Å². The van der Waals surface area contributed by atoms with Gasteiger partial charge in [0.15, 0.2) is 5.17 Å². The zero-order valence-corrected chi connectivity index (χ0v) is 15.1. The van der Waals surface area contributed by atoms with Crippen LogP contribution in [0.25, 0.3) is 0 Å². The van der Waals surface area contributed by atoms with Crippen LogP contribution in [0.2, 0.25) is 0 Å². The van der Waals surface area contributed by atoms with Gasteiger partial charge in [0.1, 0.15) is 5.82 Å². The third-order valence-electron chi connectivity index (χ3n) is 4.18. The lowest BCUT2D eigenvalue weighted by atomic mass is 9.94. The fraction of sp³-hybridized carbons (Fsp3) is 0.389. The molecule has 2 aliphatic heterocycles. The number of thioether (sulfide) groups is 1. The molecule has 0 aromatic heterocycles. The van der Waals surface area contributed by atoms with Crippen molar-refractivity contribution in [2.75, 3.05) is 6.61 Å². The molecule has 1 fully saturated rings. The summed E-state index contributed by atoms with van der Waals surface area (Å²) in [6.45, 7) is 5.57. The van der Waals surface area contributed by atoms with E-state index in [1.54, 1.807) is 26.0 Å². The number of ether oxygens (including phenoxy) is 1. The lowest BCUT2D eigenvalue weighted by Crippen LogP contribution is -2.40. The Hall–Kier alpha value is -2.15. The van der Waals surface area contributed by atoms with Crippen LogP contribution in [0.1, 0.15) is 38.8 Å². The van der Waals surface area contributed by atoms with Crippen molar-refractivity contribution >= 4 is 28.8 Å². The van der Waals surface area contributed by atoms with Gasteiger partial charge in [0.05, 0.1) is 29.2 Å². The lowest BCUT2D eigenvalue weighted by molar-refractivity contribution is -0.139. The predicted molar refractivity (Wildman–Crippen MR) is 94.4 cm³/mol. The number of esters is 1. The average Bonchev–Trinajstić information content (AvgIpc) is 2.89. The molecule has 1 aromatic carbocycles. The van der Waals surface area contributed by atoms with E-state index < -0.39 is 17.8 Å². The van der Waals surface area contributed by atoms with Crippen molar-refractivity contribution < 1.29 is 18.7 Å². The number of halogens is 1. The summed E-state index contributed by atoms with van der Waals surface area (Å²) in [7, 11) is 0.